The maximum absolute atomic E-state index is 11.3. The normalized spacial score (nSPS) is 24.8. The van der Waals surface area contributed by atoms with Gasteiger partial charge in [-0.2, -0.15) is 0 Å². The second-order valence-electron chi connectivity index (χ2n) is 7.49. The molecule has 0 spiro atoms. The van der Waals surface area contributed by atoms with Gasteiger partial charge in [-0.1, -0.05) is 60.7 Å². The minimum absolute atomic E-state index is 0.228. The first-order valence-corrected chi connectivity index (χ1v) is 9.10. The van der Waals surface area contributed by atoms with Gasteiger partial charge in [0.05, 0.1) is 31.5 Å². The lowest BCUT2D eigenvalue weighted by atomic mass is 9.79. The van der Waals surface area contributed by atoms with Crippen LogP contribution in [0.4, 0.5) is 0 Å². The van der Waals surface area contributed by atoms with E-state index < -0.39 is 11.4 Å². The highest BCUT2D eigenvalue weighted by atomic mass is 16.7. The summed E-state index contributed by atoms with van der Waals surface area (Å²) in [5.41, 5.74) is 0.897. The summed E-state index contributed by atoms with van der Waals surface area (Å²) in [6.45, 7) is 6.93. The Bertz CT molecular complexity index is 682. The molecule has 140 valence electrons. The van der Waals surface area contributed by atoms with Crippen LogP contribution in [0.15, 0.2) is 60.7 Å². The minimum Gasteiger partial charge on any atom is -0.385 e. The van der Waals surface area contributed by atoms with E-state index >= 15 is 0 Å². The Hall–Kier alpha value is -1.72. The molecule has 1 heterocycles. The van der Waals surface area contributed by atoms with Gasteiger partial charge in [0.15, 0.2) is 5.79 Å². The summed E-state index contributed by atoms with van der Waals surface area (Å²) in [5, 5.41) is 11.3. The van der Waals surface area contributed by atoms with Crippen LogP contribution in [0.25, 0.3) is 0 Å². The van der Waals surface area contributed by atoms with Gasteiger partial charge < -0.3 is 19.3 Å². The van der Waals surface area contributed by atoms with E-state index in [1.54, 1.807) is 0 Å². The van der Waals surface area contributed by atoms with Crippen LogP contribution in [0.5, 0.6) is 0 Å². The fourth-order valence-electron chi connectivity index (χ4n) is 3.41. The molecule has 0 saturated carbocycles. The van der Waals surface area contributed by atoms with Crippen molar-refractivity contribution in [3.05, 3.63) is 71.8 Å². The minimum atomic E-state index is -1.07. The van der Waals surface area contributed by atoms with Crippen molar-refractivity contribution >= 4 is 0 Å². The zero-order valence-corrected chi connectivity index (χ0v) is 15.7. The SMILES string of the molecule is CC1(C)OCC(C(C)(O)c2ccccc2)C(COCc2ccccc2)O1. The summed E-state index contributed by atoms with van der Waals surface area (Å²) in [4.78, 5) is 0. The average Bonchev–Trinajstić information content (AvgIpc) is 2.62. The van der Waals surface area contributed by atoms with E-state index in [0.29, 0.717) is 19.8 Å². The molecule has 1 saturated heterocycles. The number of ether oxygens (including phenoxy) is 3. The highest BCUT2D eigenvalue weighted by Crippen LogP contribution is 2.38. The lowest BCUT2D eigenvalue weighted by molar-refractivity contribution is -0.320. The monoisotopic (exact) mass is 356 g/mol. The second-order valence-corrected chi connectivity index (χ2v) is 7.49. The van der Waals surface area contributed by atoms with Crippen molar-refractivity contribution in [1.29, 1.82) is 0 Å². The fourth-order valence-corrected chi connectivity index (χ4v) is 3.41. The molecule has 1 fully saturated rings. The van der Waals surface area contributed by atoms with Gasteiger partial charge in [0, 0.05) is 5.92 Å². The van der Waals surface area contributed by atoms with Crippen LogP contribution in [0.3, 0.4) is 0 Å². The zero-order chi connectivity index (χ0) is 18.6. The molecule has 0 bridgehead atoms. The fraction of sp³-hybridized carbons (Fsp3) is 0.455. The largest absolute Gasteiger partial charge is 0.385 e. The molecule has 1 N–H and O–H groups in total. The van der Waals surface area contributed by atoms with Gasteiger partial charge in [-0.05, 0) is 31.9 Å². The molecule has 0 aliphatic carbocycles. The van der Waals surface area contributed by atoms with E-state index in [2.05, 4.69) is 0 Å². The van der Waals surface area contributed by atoms with E-state index in [1.165, 1.54) is 0 Å². The van der Waals surface area contributed by atoms with Crippen molar-refractivity contribution in [3.8, 4) is 0 Å². The van der Waals surface area contributed by atoms with Crippen molar-refractivity contribution < 1.29 is 19.3 Å². The van der Waals surface area contributed by atoms with E-state index in [1.807, 2.05) is 81.4 Å². The Labute approximate surface area is 155 Å². The first-order chi connectivity index (χ1) is 12.4. The van der Waals surface area contributed by atoms with Crippen LogP contribution in [-0.4, -0.2) is 30.2 Å². The molecule has 4 nitrogen and oxygen atoms in total. The molecule has 4 heteroatoms. The molecule has 3 atom stereocenters. The Morgan fingerprint density at radius 3 is 2.35 bits per heavy atom. The summed E-state index contributed by atoms with van der Waals surface area (Å²) >= 11 is 0. The Kier molecular flexibility index (Phi) is 5.78. The third-order valence-electron chi connectivity index (χ3n) is 4.97. The Morgan fingerprint density at radius 2 is 1.69 bits per heavy atom. The molecule has 0 radical (unpaired) electrons. The molecule has 1 aliphatic rings. The van der Waals surface area contributed by atoms with Gasteiger partial charge >= 0.3 is 0 Å². The summed E-state index contributed by atoms with van der Waals surface area (Å²) in [6, 6.07) is 19.7. The van der Waals surface area contributed by atoms with E-state index in [4.69, 9.17) is 14.2 Å². The second kappa shape index (κ2) is 7.89. The topological polar surface area (TPSA) is 47.9 Å². The quantitative estimate of drug-likeness (QED) is 0.853. The van der Waals surface area contributed by atoms with E-state index in [-0.39, 0.29) is 12.0 Å². The van der Waals surface area contributed by atoms with Crippen molar-refractivity contribution in [2.24, 2.45) is 5.92 Å². The number of hydrogen-bond donors (Lipinski definition) is 1. The van der Waals surface area contributed by atoms with Gasteiger partial charge in [-0.15, -0.1) is 0 Å². The van der Waals surface area contributed by atoms with Crippen LogP contribution >= 0.6 is 0 Å². The van der Waals surface area contributed by atoms with Crippen molar-refractivity contribution in [2.75, 3.05) is 13.2 Å². The van der Waals surface area contributed by atoms with Gasteiger partial charge in [0.1, 0.15) is 0 Å². The molecular weight excluding hydrogens is 328 g/mol. The third-order valence-corrected chi connectivity index (χ3v) is 4.97. The highest BCUT2D eigenvalue weighted by Gasteiger charge is 2.46. The number of aliphatic hydroxyl groups is 1. The molecule has 0 aromatic heterocycles. The maximum atomic E-state index is 11.3. The van der Waals surface area contributed by atoms with Crippen molar-refractivity contribution in [1.82, 2.24) is 0 Å². The van der Waals surface area contributed by atoms with Gasteiger partial charge in [0.25, 0.3) is 0 Å². The number of benzene rings is 2. The molecular formula is C22H28O4. The molecule has 2 aromatic rings. The molecule has 26 heavy (non-hydrogen) atoms. The van der Waals surface area contributed by atoms with E-state index in [0.717, 1.165) is 11.1 Å². The lowest BCUT2D eigenvalue weighted by Gasteiger charge is -2.46. The average molecular weight is 356 g/mol. The zero-order valence-electron chi connectivity index (χ0n) is 15.7. The lowest BCUT2D eigenvalue weighted by Crippen LogP contribution is -2.54. The standard InChI is InChI=1S/C22H28O4/c1-21(2)25-15-19(22(3,23)18-12-8-5-9-13-18)20(26-21)16-24-14-17-10-6-4-7-11-17/h4-13,19-20,23H,14-16H2,1-3H3. The highest BCUT2D eigenvalue weighted by molar-refractivity contribution is 5.23. The summed E-state index contributed by atoms with van der Waals surface area (Å²) in [7, 11) is 0. The maximum Gasteiger partial charge on any atom is 0.163 e. The third kappa shape index (κ3) is 4.51. The number of rotatable bonds is 6. The van der Waals surface area contributed by atoms with Crippen LogP contribution in [0, 0.1) is 5.92 Å². The smallest absolute Gasteiger partial charge is 0.163 e. The predicted octanol–water partition coefficient (Wildman–Crippen LogP) is 3.88. The first-order valence-electron chi connectivity index (χ1n) is 9.10. The summed E-state index contributed by atoms with van der Waals surface area (Å²) < 4.78 is 17.9. The van der Waals surface area contributed by atoms with Crippen LogP contribution in [0.2, 0.25) is 0 Å². The van der Waals surface area contributed by atoms with Crippen molar-refractivity contribution in [2.45, 2.75) is 44.9 Å². The van der Waals surface area contributed by atoms with Gasteiger partial charge in [-0.25, -0.2) is 0 Å². The summed E-state index contributed by atoms with van der Waals surface area (Å²) in [5.74, 6) is -0.918. The molecule has 3 unspecified atom stereocenters. The number of hydrogen-bond acceptors (Lipinski definition) is 4. The Morgan fingerprint density at radius 1 is 1.08 bits per heavy atom. The van der Waals surface area contributed by atoms with E-state index in [9.17, 15) is 5.11 Å². The van der Waals surface area contributed by atoms with Crippen LogP contribution < -0.4 is 0 Å². The van der Waals surface area contributed by atoms with Crippen LogP contribution in [0.1, 0.15) is 31.9 Å². The summed E-state index contributed by atoms with van der Waals surface area (Å²) in [6.07, 6.45) is -0.266. The molecule has 2 aromatic carbocycles. The molecule has 3 rings (SSSR count). The molecule has 1 aliphatic heterocycles. The van der Waals surface area contributed by atoms with Gasteiger partial charge in [0.2, 0.25) is 0 Å². The van der Waals surface area contributed by atoms with Gasteiger partial charge in [-0.3, -0.25) is 0 Å². The first kappa shape index (κ1) is 19.1. The van der Waals surface area contributed by atoms with Crippen LogP contribution in [-0.2, 0) is 26.4 Å². The van der Waals surface area contributed by atoms with Crippen molar-refractivity contribution in [3.63, 3.8) is 0 Å². The Balaban J connectivity index is 1.72. The molecule has 0 amide bonds. The predicted molar refractivity (Wildman–Crippen MR) is 101 cm³/mol.